The number of nitrogens with zero attached hydrogens (tertiary/aromatic N) is 3. The highest BCUT2D eigenvalue weighted by Gasteiger charge is 2.19. The van der Waals surface area contributed by atoms with Crippen molar-refractivity contribution in [2.75, 3.05) is 5.73 Å². The number of pyridine rings is 2. The molecule has 0 amide bonds. The Labute approximate surface area is 90.9 Å². The Morgan fingerprint density at radius 1 is 1.31 bits per heavy atom. The quantitative estimate of drug-likeness (QED) is 0.608. The molecule has 0 atom stereocenters. The Balaban J connectivity index is 2.68. The molecule has 0 aliphatic carbocycles. The molecule has 0 aliphatic rings. The monoisotopic (exact) mass is 216 g/mol. The Morgan fingerprint density at radius 3 is 2.75 bits per heavy atom. The van der Waals surface area contributed by atoms with E-state index in [1.807, 2.05) is 0 Å². The van der Waals surface area contributed by atoms with Crippen LogP contribution in [0.15, 0.2) is 36.8 Å². The minimum atomic E-state index is -0.557. The molecule has 2 aromatic heterocycles. The van der Waals surface area contributed by atoms with Crippen molar-refractivity contribution in [3.8, 4) is 11.1 Å². The van der Waals surface area contributed by atoms with Crippen LogP contribution in [0.1, 0.15) is 0 Å². The van der Waals surface area contributed by atoms with Gasteiger partial charge in [-0.05, 0) is 16.0 Å². The first-order valence-corrected chi connectivity index (χ1v) is 4.49. The van der Waals surface area contributed by atoms with Crippen molar-refractivity contribution in [2.24, 2.45) is 0 Å². The van der Waals surface area contributed by atoms with Crippen molar-refractivity contribution in [3.63, 3.8) is 0 Å². The van der Waals surface area contributed by atoms with Gasteiger partial charge in [0.15, 0.2) is 0 Å². The number of rotatable bonds is 2. The maximum absolute atomic E-state index is 10.8. The number of anilines is 1. The van der Waals surface area contributed by atoms with Gasteiger partial charge in [0.25, 0.3) is 0 Å². The molecule has 0 aliphatic heterocycles. The van der Waals surface area contributed by atoms with Crippen LogP contribution in [0.4, 0.5) is 11.5 Å². The number of hydrogen-bond acceptors (Lipinski definition) is 5. The molecule has 6 heteroatoms. The summed E-state index contributed by atoms with van der Waals surface area (Å²) in [5, 5.41) is 10.8. The summed E-state index contributed by atoms with van der Waals surface area (Å²) in [7, 11) is 0. The minimum Gasteiger partial charge on any atom is -0.398 e. The van der Waals surface area contributed by atoms with E-state index in [1.54, 1.807) is 18.3 Å². The Morgan fingerprint density at radius 2 is 2.12 bits per heavy atom. The Kier molecular flexibility index (Phi) is 2.47. The lowest BCUT2D eigenvalue weighted by molar-refractivity contribution is -0.388. The van der Waals surface area contributed by atoms with Crippen LogP contribution in [-0.2, 0) is 0 Å². The van der Waals surface area contributed by atoms with E-state index in [-0.39, 0.29) is 5.82 Å². The molecule has 16 heavy (non-hydrogen) atoms. The molecule has 0 saturated carbocycles. The van der Waals surface area contributed by atoms with Crippen molar-refractivity contribution in [2.45, 2.75) is 0 Å². The highest BCUT2D eigenvalue weighted by Crippen LogP contribution is 2.32. The van der Waals surface area contributed by atoms with Crippen molar-refractivity contribution >= 4 is 11.5 Å². The molecule has 6 nitrogen and oxygen atoms in total. The fraction of sp³-hybridized carbons (Fsp3) is 0. The molecule has 2 heterocycles. The van der Waals surface area contributed by atoms with E-state index in [0.29, 0.717) is 16.8 Å². The summed E-state index contributed by atoms with van der Waals surface area (Å²) >= 11 is 0. The first-order chi connectivity index (χ1) is 7.70. The van der Waals surface area contributed by atoms with Crippen LogP contribution in [-0.4, -0.2) is 14.9 Å². The predicted octanol–water partition coefficient (Wildman–Crippen LogP) is 1.63. The zero-order chi connectivity index (χ0) is 11.5. The van der Waals surface area contributed by atoms with Gasteiger partial charge in [-0.3, -0.25) is 4.98 Å². The second-order valence-electron chi connectivity index (χ2n) is 3.10. The van der Waals surface area contributed by atoms with E-state index in [0.717, 1.165) is 0 Å². The van der Waals surface area contributed by atoms with E-state index in [2.05, 4.69) is 9.97 Å². The Hall–Kier alpha value is -2.50. The van der Waals surface area contributed by atoms with Gasteiger partial charge in [-0.25, -0.2) is 0 Å². The normalized spacial score (nSPS) is 10.0. The van der Waals surface area contributed by atoms with Crippen molar-refractivity contribution < 1.29 is 4.92 Å². The lowest BCUT2D eigenvalue weighted by Gasteiger charge is -2.04. The van der Waals surface area contributed by atoms with Gasteiger partial charge in [-0.15, -0.1) is 0 Å². The van der Waals surface area contributed by atoms with E-state index in [9.17, 15) is 10.1 Å². The van der Waals surface area contributed by atoms with Gasteiger partial charge >= 0.3 is 5.82 Å². The third kappa shape index (κ3) is 1.68. The summed E-state index contributed by atoms with van der Waals surface area (Å²) in [6.07, 6.45) is 4.41. The molecular weight excluding hydrogens is 208 g/mol. The van der Waals surface area contributed by atoms with Crippen molar-refractivity contribution in [1.29, 1.82) is 0 Å². The van der Waals surface area contributed by atoms with Crippen molar-refractivity contribution in [3.05, 3.63) is 46.9 Å². The van der Waals surface area contributed by atoms with Crippen LogP contribution in [0.3, 0.4) is 0 Å². The van der Waals surface area contributed by atoms with Crippen LogP contribution < -0.4 is 5.73 Å². The fourth-order valence-corrected chi connectivity index (χ4v) is 1.41. The summed E-state index contributed by atoms with van der Waals surface area (Å²) in [6, 6.07) is 4.91. The molecule has 80 valence electrons. The van der Waals surface area contributed by atoms with Gasteiger partial charge in [0, 0.05) is 24.0 Å². The van der Waals surface area contributed by atoms with Crippen LogP contribution in [0.25, 0.3) is 11.1 Å². The first kappa shape index (κ1) is 10.0. The third-order valence-corrected chi connectivity index (χ3v) is 2.09. The molecule has 0 fully saturated rings. The molecule has 0 saturated heterocycles. The molecule has 2 aromatic rings. The zero-order valence-electron chi connectivity index (χ0n) is 8.20. The number of aromatic nitrogens is 2. The van der Waals surface area contributed by atoms with Gasteiger partial charge < -0.3 is 15.8 Å². The molecule has 0 bridgehead atoms. The lowest BCUT2D eigenvalue weighted by atomic mass is 10.1. The maximum atomic E-state index is 10.8. The number of nitro groups is 1. The van der Waals surface area contributed by atoms with Crippen LogP contribution in [0, 0.1) is 10.1 Å². The van der Waals surface area contributed by atoms with E-state index in [1.165, 1.54) is 18.5 Å². The second kappa shape index (κ2) is 3.93. The summed E-state index contributed by atoms with van der Waals surface area (Å²) in [5.41, 5.74) is 6.92. The highest BCUT2D eigenvalue weighted by molar-refractivity contribution is 5.81. The standard InChI is InChI=1S/C10H8N4O2/c11-8-3-5-13-10(14(15)16)9(8)7-2-1-4-12-6-7/h1-6H,(H2,11,13). The molecule has 0 aromatic carbocycles. The van der Waals surface area contributed by atoms with Crippen LogP contribution in [0.5, 0.6) is 0 Å². The summed E-state index contributed by atoms with van der Waals surface area (Å²) in [4.78, 5) is 17.9. The van der Waals surface area contributed by atoms with Gasteiger partial charge in [-0.1, -0.05) is 6.07 Å². The van der Waals surface area contributed by atoms with Gasteiger partial charge in [0.05, 0.1) is 5.69 Å². The predicted molar refractivity (Wildman–Crippen MR) is 58.5 cm³/mol. The minimum absolute atomic E-state index is 0.256. The maximum Gasteiger partial charge on any atom is 0.373 e. The topological polar surface area (TPSA) is 94.9 Å². The zero-order valence-corrected chi connectivity index (χ0v) is 8.20. The summed E-state index contributed by atoms with van der Waals surface area (Å²) in [5.74, 6) is -0.256. The molecular formula is C10H8N4O2. The molecule has 2 rings (SSSR count). The van der Waals surface area contributed by atoms with E-state index in [4.69, 9.17) is 5.73 Å². The lowest BCUT2D eigenvalue weighted by Crippen LogP contribution is -1.99. The summed E-state index contributed by atoms with van der Waals surface area (Å²) < 4.78 is 0. The molecule has 0 spiro atoms. The summed E-state index contributed by atoms with van der Waals surface area (Å²) in [6.45, 7) is 0. The number of nitrogen functional groups attached to an aromatic ring is 1. The van der Waals surface area contributed by atoms with Gasteiger partial charge in [0.1, 0.15) is 11.8 Å². The average molecular weight is 216 g/mol. The van der Waals surface area contributed by atoms with Gasteiger partial charge in [-0.2, -0.15) is 0 Å². The fourth-order valence-electron chi connectivity index (χ4n) is 1.41. The smallest absolute Gasteiger partial charge is 0.373 e. The van der Waals surface area contributed by atoms with Gasteiger partial charge in [0.2, 0.25) is 0 Å². The number of hydrogen-bond donors (Lipinski definition) is 1. The van der Waals surface area contributed by atoms with Crippen molar-refractivity contribution in [1.82, 2.24) is 9.97 Å². The average Bonchev–Trinajstić information content (AvgIpc) is 2.29. The van der Waals surface area contributed by atoms with E-state index >= 15 is 0 Å². The van der Waals surface area contributed by atoms with E-state index < -0.39 is 4.92 Å². The SMILES string of the molecule is Nc1ccnc([N+](=O)[O-])c1-c1cccnc1. The molecule has 0 radical (unpaired) electrons. The second-order valence-corrected chi connectivity index (χ2v) is 3.10. The third-order valence-electron chi connectivity index (χ3n) is 2.09. The molecule has 2 N–H and O–H groups in total. The molecule has 0 unspecified atom stereocenters. The highest BCUT2D eigenvalue weighted by atomic mass is 16.6. The van der Waals surface area contributed by atoms with Crippen LogP contribution in [0.2, 0.25) is 0 Å². The van der Waals surface area contributed by atoms with Crippen LogP contribution >= 0.6 is 0 Å². The largest absolute Gasteiger partial charge is 0.398 e. The Bertz CT molecular complexity index is 528. The first-order valence-electron chi connectivity index (χ1n) is 4.49. The number of nitrogens with two attached hydrogens (primary N) is 1.